The van der Waals surface area contributed by atoms with E-state index in [-0.39, 0.29) is 5.92 Å². The van der Waals surface area contributed by atoms with Crippen molar-refractivity contribution in [1.82, 2.24) is 25.1 Å². The molecule has 0 atom stereocenters. The number of piperidine rings is 1. The molecule has 2 aliphatic heterocycles. The number of aryl methyl sites for hydroxylation is 1. The van der Waals surface area contributed by atoms with Crippen LogP contribution >= 0.6 is 0 Å². The van der Waals surface area contributed by atoms with Crippen molar-refractivity contribution < 1.29 is 9.13 Å². The van der Waals surface area contributed by atoms with E-state index in [9.17, 15) is 9.65 Å². The van der Waals surface area contributed by atoms with E-state index in [1.807, 2.05) is 23.7 Å². The maximum Gasteiger partial charge on any atom is 0.212 e. The monoisotopic (exact) mass is 486 g/mol. The molecule has 4 heterocycles. The first kappa shape index (κ1) is 23.5. The predicted molar refractivity (Wildman–Crippen MR) is 134 cm³/mol. The van der Waals surface area contributed by atoms with Gasteiger partial charge in [-0.25, -0.2) is 4.98 Å². The third-order valence-electron chi connectivity index (χ3n) is 6.78. The van der Waals surface area contributed by atoms with Crippen LogP contribution in [0.3, 0.4) is 0 Å². The lowest BCUT2D eigenvalue weighted by atomic mass is 9.90. The second kappa shape index (κ2) is 10.2. The van der Waals surface area contributed by atoms with Crippen molar-refractivity contribution >= 4 is 17.5 Å². The average molecular weight is 487 g/mol. The van der Waals surface area contributed by atoms with Gasteiger partial charge < -0.3 is 24.9 Å². The molecule has 2 saturated heterocycles. The molecular weight excluding hydrogens is 459 g/mol. The maximum absolute atomic E-state index is 13.6. The summed E-state index contributed by atoms with van der Waals surface area (Å²) < 4.78 is 21.3. The maximum atomic E-state index is 13.6. The van der Waals surface area contributed by atoms with Gasteiger partial charge in [-0.1, -0.05) is 12.1 Å². The highest BCUT2D eigenvalue weighted by Crippen LogP contribution is 2.40. The molecule has 36 heavy (non-hydrogen) atoms. The van der Waals surface area contributed by atoms with Crippen LogP contribution in [0.5, 0.6) is 0 Å². The van der Waals surface area contributed by atoms with Crippen molar-refractivity contribution in [3.8, 4) is 17.2 Å². The van der Waals surface area contributed by atoms with Crippen molar-refractivity contribution in [3.63, 3.8) is 0 Å². The Labute approximate surface area is 208 Å². The van der Waals surface area contributed by atoms with E-state index in [1.165, 1.54) is 18.5 Å². The quantitative estimate of drug-likeness (QED) is 0.418. The van der Waals surface area contributed by atoms with Crippen molar-refractivity contribution in [3.05, 3.63) is 65.6 Å². The third kappa shape index (κ3) is 4.40. The Morgan fingerprint density at radius 1 is 1.28 bits per heavy atom. The van der Waals surface area contributed by atoms with Gasteiger partial charge in [0.05, 0.1) is 23.4 Å². The number of rotatable bonds is 5. The third-order valence-corrected chi connectivity index (χ3v) is 6.78. The van der Waals surface area contributed by atoms with Gasteiger partial charge in [0.25, 0.3) is 0 Å². The average Bonchev–Trinajstić information content (AvgIpc) is 3.35. The normalized spacial score (nSPS) is 17.6. The Morgan fingerprint density at radius 3 is 2.72 bits per heavy atom. The fourth-order valence-corrected chi connectivity index (χ4v) is 4.99. The number of anilines is 1. The lowest BCUT2D eigenvalue weighted by Crippen LogP contribution is -2.34. The zero-order chi connectivity index (χ0) is 25.1. The summed E-state index contributed by atoms with van der Waals surface area (Å²) in [4.78, 5) is 6.04. The molecule has 9 nitrogen and oxygen atoms in total. The zero-order valence-electron chi connectivity index (χ0n) is 20.0. The summed E-state index contributed by atoms with van der Waals surface area (Å²) in [5, 5.41) is 30.0. The minimum atomic E-state index is -0.557. The molecule has 0 aliphatic carbocycles. The summed E-state index contributed by atoms with van der Waals surface area (Å²) >= 11 is 0. The molecule has 2 aliphatic rings. The van der Waals surface area contributed by atoms with Crippen molar-refractivity contribution in [2.45, 2.75) is 25.2 Å². The van der Waals surface area contributed by atoms with Gasteiger partial charge in [0.1, 0.15) is 18.2 Å². The predicted octanol–water partition coefficient (Wildman–Crippen LogP) is 3.60. The summed E-state index contributed by atoms with van der Waals surface area (Å²) in [5.74, 6) is 1.19. The Morgan fingerprint density at radius 2 is 2.11 bits per heavy atom. The molecule has 10 heteroatoms. The molecule has 2 N–H and O–H groups in total. The summed E-state index contributed by atoms with van der Waals surface area (Å²) in [7, 11) is 1.95. The van der Waals surface area contributed by atoms with Crippen LogP contribution in [0.15, 0.2) is 42.7 Å². The molecule has 1 aromatic carbocycles. The number of benzene rings is 1. The van der Waals surface area contributed by atoms with Crippen LogP contribution < -0.4 is 10.2 Å². The van der Waals surface area contributed by atoms with E-state index in [1.54, 1.807) is 12.4 Å². The van der Waals surface area contributed by atoms with E-state index in [2.05, 4.69) is 31.5 Å². The highest BCUT2D eigenvalue weighted by molar-refractivity contribution is 6.11. The first-order chi connectivity index (χ1) is 17.6. The Kier molecular flexibility index (Phi) is 6.62. The van der Waals surface area contributed by atoms with Gasteiger partial charge in [0.15, 0.2) is 5.88 Å². The molecule has 0 unspecified atom stereocenters. The van der Waals surface area contributed by atoms with E-state index >= 15 is 0 Å². The fraction of sp³-hybridized carbons (Fsp3) is 0.346. The van der Waals surface area contributed by atoms with Crippen LogP contribution in [0.1, 0.15) is 42.1 Å². The zero-order valence-corrected chi connectivity index (χ0v) is 20.0. The molecule has 5 rings (SSSR count). The van der Waals surface area contributed by atoms with Crippen LogP contribution in [-0.2, 0) is 11.8 Å². The standard InChI is InChI=1S/C26H27FN8O/c1-34-16-32-33-25(34)17-7-10-35(11-8-17)24-19(18-3-6-23(27)31-15-18)4-5-20(21(24)13-28)22(14-29)26-30-9-2-12-36-26/h3-6,14-17,29-30H,2,7-12H2,1H3/b26-22-,29-14?. The topological polar surface area (TPSA) is 116 Å². The number of ether oxygens (including phenoxy) is 1. The lowest BCUT2D eigenvalue weighted by molar-refractivity contribution is 0.160. The number of hydrogen-bond acceptors (Lipinski definition) is 8. The molecule has 2 fully saturated rings. The van der Waals surface area contributed by atoms with Crippen molar-refractivity contribution in [1.29, 1.82) is 10.7 Å². The first-order valence-corrected chi connectivity index (χ1v) is 12.0. The van der Waals surface area contributed by atoms with Crippen LogP contribution in [0.2, 0.25) is 0 Å². The number of pyridine rings is 1. The van der Waals surface area contributed by atoms with Gasteiger partial charge in [-0.3, -0.25) is 0 Å². The SMILES string of the molecule is Cn1cnnc1C1CCN(c2c(-c3ccc(F)nc3)ccc(/C(C=N)=C3/NCCCO3)c2C#N)CC1. The highest BCUT2D eigenvalue weighted by atomic mass is 19.1. The molecule has 0 radical (unpaired) electrons. The smallest absolute Gasteiger partial charge is 0.212 e. The summed E-state index contributed by atoms with van der Waals surface area (Å²) in [6, 6.07) is 9.15. The molecule has 0 bridgehead atoms. The van der Waals surface area contributed by atoms with E-state index in [4.69, 9.17) is 10.1 Å². The molecule has 184 valence electrons. The van der Waals surface area contributed by atoms with Gasteiger partial charge in [0.2, 0.25) is 5.95 Å². The van der Waals surface area contributed by atoms with Gasteiger partial charge in [0, 0.05) is 61.7 Å². The van der Waals surface area contributed by atoms with Gasteiger partial charge in [-0.05, 0) is 31.4 Å². The molecule has 0 amide bonds. The lowest BCUT2D eigenvalue weighted by Gasteiger charge is -2.35. The fourth-order valence-electron chi connectivity index (χ4n) is 4.99. The molecule has 3 aromatic rings. The highest BCUT2D eigenvalue weighted by Gasteiger charge is 2.29. The summed E-state index contributed by atoms with van der Waals surface area (Å²) in [6.07, 6.45) is 7.02. The molecular formula is C26H27FN8O. The molecule has 0 saturated carbocycles. The number of hydrogen-bond donors (Lipinski definition) is 2. The minimum absolute atomic E-state index is 0.275. The van der Waals surface area contributed by atoms with Crippen LogP contribution in [0.25, 0.3) is 16.7 Å². The second-order valence-corrected chi connectivity index (χ2v) is 8.94. The van der Waals surface area contributed by atoms with E-state index < -0.39 is 5.95 Å². The molecule has 2 aromatic heterocycles. The molecule has 0 spiro atoms. The van der Waals surface area contributed by atoms with E-state index in [0.29, 0.717) is 42.3 Å². The summed E-state index contributed by atoms with van der Waals surface area (Å²) in [5.41, 5.74) is 3.89. The summed E-state index contributed by atoms with van der Waals surface area (Å²) in [6.45, 7) is 2.73. The van der Waals surface area contributed by atoms with Crippen molar-refractivity contribution in [2.24, 2.45) is 7.05 Å². The Bertz CT molecular complexity index is 1320. The number of halogens is 1. The first-order valence-electron chi connectivity index (χ1n) is 12.0. The number of nitrogens with one attached hydrogen (secondary N) is 2. The van der Waals surface area contributed by atoms with Crippen LogP contribution in [0.4, 0.5) is 10.1 Å². The number of nitriles is 1. The largest absolute Gasteiger partial charge is 0.479 e. The Hall–Kier alpha value is -4.26. The van der Waals surface area contributed by atoms with Gasteiger partial charge in [-0.15, -0.1) is 10.2 Å². The van der Waals surface area contributed by atoms with Crippen molar-refractivity contribution in [2.75, 3.05) is 31.1 Å². The van der Waals surface area contributed by atoms with Crippen LogP contribution in [0, 0.1) is 22.7 Å². The Balaban J connectivity index is 1.60. The minimum Gasteiger partial charge on any atom is -0.479 e. The van der Waals surface area contributed by atoms with Gasteiger partial charge in [-0.2, -0.15) is 9.65 Å². The second-order valence-electron chi connectivity index (χ2n) is 8.94. The number of nitrogens with zero attached hydrogens (tertiary/aromatic N) is 6. The van der Waals surface area contributed by atoms with Gasteiger partial charge >= 0.3 is 0 Å². The number of allylic oxidation sites excluding steroid dienone is 1. The number of aromatic nitrogens is 4. The van der Waals surface area contributed by atoms with Crippen LogP contribution in [-0.4, -0.2) is 52.2 Å². The van der Waals surface area contributed by atoms with E-state index in [0.717, 1.165) is 48.4 Å².